The molecule has 0 unspecified atom stereocenters. The Morgan fingerprint density at radius 2 is 1.10 bits per heavy atom. The van der Waals surface area contributed by atoms with E-state index in [4.69, 9.17) is 25.7 Å². The molecule has 0 saturated heterocycles. The summed E-state index contributed by atoms with van der Waals surface area (Å²) < 4.78 is 18.3. The molecule has 7 heteroatoms. The average Bonchev–Trinajstić information content (AvgIpc) is 2.94. The van der Waals surface area contributed by atoms with Gasteiger partial charge in [0.05, 0.1) is 6.61 Å². The van der Waals surface area contributed by atoms with Crippen LogP contribution in [-0.4, -0.2) is 19.7 Å². The van der Waals surface area contributed by atoms with Crippen molar-refractivity contribution in [2.75, 3.05) is 18.6 Å². The number of nitrogen functional groups attached to an aromatic ring is 2. The van der Waals surface area contributed by atoms with Crippen LogP contribution in [0, 0.1) is 13.8 Å². The van der Waals surface area contributed by atoms with Gasteiger partial charge in [-0.25, -0.2) is 0 Å². The van der Waals surface area contributed by atoms with E-state index in [9.17, 15) is 9.59 Å². The Kier molecular flexibility index (Phi) is 9.42. The van der Waals surface area contributed by atoms with Crippen LogP contribution in [0.4, 0.5) is 11.4 Å². The Bertz CT molecular complexity index is 1580. The van der Waals surface area contributed by atoms with Gasteiger partial charge in [-0.1, -0.05) is 6.92 Å². The van der Waals surface area contributed by atoms with Gasteiger partial charge in [0.25, 0.3) is 0 Å². The second-order valence-electron chi connectivity index (χ2n) is 10.0. The number of anilines is 2. The molecule has 4 aromatic rings. The van der Waals surface area contributed by atoms with E-state index >= 15 is 0 Å². The molecule has 41 heavy (non-hydrogen) atoms. The number of carbonyl (C=O) groups excluding carboxylic acids is 2. The number of aryl methyl sites for hydroxylation is 3. The highest BCUT2D eigenvalue weighted by atomic mass is 16.5. The summed E-state index contributed by atoms with van der Waals surface area (Å²) in [5, 5.41) is 0. The molecule has 0 radical (unpaired) electrons. The lowest BCUT2D eigenvalue weighted by Gasteiger charge is -2.20. The van der Waals surface area contributed by atoms with E-state index in [2.05, 4.69) is 6.07 Å². The number of nitrogens with two attached hydrogens (primary N) is 2. The Balaban J connectivity index is 1.84. The average molecular weight is 553 g/mol. The first-order valence-electron chi connectivity index (χ1n) is 13.5. The number of rotatable bonds is 12. The zero-order chi connectivity index (χ0) is 29.5. The van der Waals surface area contributed by atoms with Crippen molar-refractivity contribution in [1.29, 1.82) is 0 Å². The van der Waals surface area contributed by atoms with Gasteiger partial charge in [-0.05, 0) is 109 Å². The van der Waals surface area contributed by atoms with Crippen molar-refractivity contribution in [3.05, 3.63) is 94.0 Å². The van der Waals surface area contributed by atoms with Gasteiger partial charge in [0.15, 0.2) is 0 Å². The van der Waals surface area contributed by atoms with Crippen LogP contribution in [-0.2, 0) is 40.2 Å². The normalized spacial score (nSPS) is 10.8. The van der Waals surface area contributed by atoms with Crippen molar-refractivity contribution in [2.24, 2.45) is 0 Å². The highest BCUT2D eigenvalue weighted by molar-refractivity contribution is 5.74. The molecule has 0 bridgehead atoms. The monoisotopic (exact) mass is 552 g/mol. The van der Waals surface area contributed by atoms with Crippen LogP contribution in [0.3, 0.4) is 0 Å². The van der Waals surface area contributed by atoms with E-state index in [1.165, 1.54) is 0 Å². The Morgan fingerprint density at radius 1 is 0.659 bits per heavy atom. The van der Waals surface area contributed by atoms with Crippen molar-refractivity contribution < 1.29 is 23.8 Å². The molecule has 212 valence electrons. The smallest absolute Gasteiger partial charge is 0.136 e. The third-order valence-corrected chi connectivity index (χ3v) is 6.93. The Hall–Kier alpha value is -4.62. The molecular weight excluding hydrogens is 516 g/mol. The minimum Gasteiger partial charge on any atom is -0.457 e. The molecule has 0 aliphatic carbocycles. The van der Waals surface area contributed by atoms with Gasteiger partial charge in [-0.2, -0.15) is 0 Å². The maximum absolute atomic E-state index is 11.7. The van der Waals surface area contributed by atoms with Crippen molar-refractivity contribution in [3.63, 3.8) is 0 Å². The quantitative estimate of drug-likeness (QED) is 0.145. The van der Waals surface area contributed by atoms with Crippen LogP contribution in [0.25, 0.3) is 11.1 Å². The number of carbonyl (C=O) groups is 2. The predicted molar refractivity (Wildman–Crippen MR) is 163 cm³/mol. The standard InChI is InChI=1S/C34H36N2O5/c1-5-23-16-26(17-24(10-12-37)33(23)40-31-8-6-29(35)14-21(31)2)27-18-25(11-13-38)34(28(19-27)20-39-4)41-32-9-7-30(36)15-22(32)3/h6-9,12-19H,5,10-11,20,35-36H2,1-4H3. The molecule has 0 atom stereocenters. The number of benzene rings is 4. The minimum absolute atomic E-state index is 0.160. The van der Waals surface area contributed by atoms with Crippen LogP contribution in [0.2, 0.25) is 0 Å². The predicted octanol–water partition coefficient (Wildman–Crippen LogP) is 6.91. The van der Waals surface area contributed by atoms with Crippen LogP contribution in [0.1, 0.15) is 40.3 Å². The van der Waals surface area contributed by atoms with Crippen LogP contribution in [0.15, 0.2) is 60.7 Å². The molecule has 4 N–H and O–H groups in total. The van der Waals surface area contributed by atoms with Crippen LogP contribution < -0.4 is 20.9 Å². The lowest BCUT2D eigenvalue weighted by Crippen LogP contribution is -2.03. The lowest BCUT2D eigenvalue weighted by molar-refractivity contribution is -0.108. The van der Waals surface area contributed by atoms with Gasteiger partial charge in [-0.3, -0.25) is 0 Å². The summed E-state index contributed by atoms with van der Waals surface area (Å²) in [6.07, 6.45) is 2.77. The highest BCUT2D eigenvalue weighted by Gasteiger charge is 2.19. The van der Waals surface area contributed by atoms with Gasteiger partial charge < -0.3 is 35.3 Å². The van der Waals surface area contributed by atoms with Crippen molar-refractivity contribution in [2.45, 2.75) is 46.6 Å². The summed E-state index contributed by atoms with van der Waals surface area (Å²) in [5.74, 6) is 2.58. The minimum atomic E-state index is 0.160. The fourth-order valence-electron chi connectivity index (χ4n) is 4.91. The summed E-state index contributed by atoms with van der Waals surface area (Å²) in [5.41, 5.74) is 20.0. The van der Waals surface area contributed by atoms with E-state index in [1.807, 2.05) is 63.2 Å². The first-order valence-corrected chi connectivity index (χ1v) is 13.5. The molecule has 0 aliphatic heterocycles. The molecule has 0 spiro atoms. The Morgan fingerprint density at radius 3 is 1.51 bits per heavy atom. The van der Waals surface area contributed by atoms with E-state index in [0.29, 0.717) is 40.8 Å². The fourth-order valence-corrected chi connectivity index (χ4v) is 4.91. The highest BCUT2D eigenvalue weighted by Crippen LogP contribution is 2.40. The van der Waals surface area contributed by atoms with Crippen molar-refractivity contribution in [1.82, 2.24) is 0 Å². The molecule has 0 saturated carbocycles. The van der Waals surface area contributed by atoms with E-state index < -0.39 is 0 Å². The molecular formula is C34H36N2O5. The third-order valence-electron chi connectivity index (χ3n) is 6.93. The lowest BCUT2D eigenvalue weighted by atomic mass is 9.93. The maximum atomic E-state index is 11.7. The second kappa shape index (κ2) is 13.2. The van der Waals surface area contributed by atoms with Crippen LogP contribution >= 0.6 is 0 Å². The number of methoxy groups -OCH3 is 1. The van der Waals surface area contributed by atoms with Crippen molar-refractivity contribution in [3.8, 4) is 34.1 Å². The van der Waals surface area contributed by atoms with Gasteiger partial charge in [0.1, 0.15) is 35.6 Å². The molecule has 7 nitrogen and oxygen atoms in total. The maximum Gasteiger partial charge on any atom is 0.136 e. The SMILES string of the molecule is CCc1cc(-c2cc(CC=O)c(Oc3ccc(N)cc3C)c(COC)c2)cc(CC=O)c1Oc1ccc(N)cc1C. The van der Waals surface area contributed by atoms with Gasteiger partial charge >= 0.3 is 0 Å². The zero-order valence-corrected chi connectivity index (χ0v) is 24.0. The third kappa shape index (κ3) is 6.76. The zero-order valence-electron chi connectivity index (χ0n) is 24.0. The van der Waals surface area contributed by atoms with Crippen molar-refractivity contribution >= 4 is 23.9 Å². The topological polar surface area (TPSA) is 114 Å². The number of hydrogen-bond donors (Lipinski definition) is 2. The summed E-state index contributed by atoms with van der Waals surface area (Å²) >= 11 is 0. The largest absolute Gasteiger partial charge is 0.457 e. The summed E-state index contributed by atoms with van der Waals surface area (Å²) in [7, 11) is 1.62. The number of hydrogen-bond acceptors (Lipinski definition) is 7. The molecule has 0 fully saturated rings. The summed E-state index contributed by atoms with van der Waals surface area (Å²) in [4.78, 5) is 23.5. The molecule has 0 aliphatic rings. The molecule has 4 rings (SSSR count). The van der Waals surface area contributed by atoms with E-state index in [1.54, 1.807) is 19.2 Å². The molecule has 0 aromatic heterocycles. The molecule has 0 amide bonds. The van der Waals surface area contributed by atoms with Crippen LogP contribution in [0.5, 0.6) is 23.0 Å². The Labute approximate surface area is 241 Å². The number of aldehydes is 2. The van der Waals surface area contributed by atoms with Gasteiger partial charge in [0.2, 0.25) is 0 Å². The fraction of sp³-hybridized carbons (Fsp3) is 0.235. The summed E-state index contributed by atoms with van der Waals surface area (Å²) in [6.45, 7) is 6.19. The van der Waals surface area contributed by atoms with Gasteiger partial charge in [0, 0.05) is 48.0 Å². The first-order chi connectivity index (χ1) is 19.8. The molecule has 4 aromatic carbocycles. The second-order valence-corrected chi connectivity index (χ2v) is 10.0. The van der Waals surface area contributed by atoms with E-state index in [-0.39, 0.29) is 19.4 Å². The molecule has 0 heterocycles. The first kappa shape index (κ1) is 29.4. The number of ether oxygens (including phenoxy) is 3. The van der Waals surface area contributed by atoms with Gasteiger partial charge in [-0.15, -0.1) is 0 Å². The summed E-state index contributed by atoms with van der Waals surface area (Å²) in [6, 6.07) is 18.9. The van der Waals surface area contributed by atoms with E-state index in [0.717, 1.165) is 57.1 Å².